The van der Waals surface area contributed by atoms with Gasteiger partial charge in [0, 0.05) is 17.1 Å². The van der Waals surface area contributed by atoms with Gasteiger partial charge in [0.2, 0.25) is 0 Å². The third-order valence-corrected chi connectivity index (χ3v) is 5.32. The molecule has 21 heavy (non-hydrogen) atoms. The van der Waals surface area contributed by atoms with Crippen molar-refractivity contribution in [1.82, 2.24) is 10.2 Å². The normalized spacial score (nSPS) is 24.3. The van der Waals surface area contributed by atoms with E-state index < -0.39 is 0 Å². The summed E-state index contributed by atoms with van der Waals surface area (Å²) in [6.07, 6.45) is 5.44. The highest BCUT2D eigenvalue weighted by Crippen LogP contribution is 2.25. The lowest BCUT2D eigenvalue weighted by molar-refractivity contribution is 0.141. The van der Waals surface area contributed by atoms with Gasteiger partial charge in [0.25, 0.3) is 0 Å². The Morgan fingerprint density at radius 3 is 2.57 bits per heavy atom. The standard InChI is InChI=1S/C17H25BrN2O/c18-15-3-5-16(6-4-15)21-13-12-20-10-7-14(8-11-20)17-2-1-9-19-17/h3-6,14,17,19H,1-2,7-13H2. The van der Waals surface area contributed by atoms with Crippen molar-refractivity contribution < 1.29 is 4.74 Å². The van der Waals surface area contributed by atoms with Gasteiger partial charge >= 0.3 is 0 Å². The Hall–Kier alpha value is -0.580. The van der Waals surface area contributed by atoms with Crippen molar-refractivity contribution in [3.63, 3.8) is 0 Å². The lowest BCUT2D eigenvalue weighted by atomic mass is 9.88. The molecule has 1 aromatic rings. The van der Waals surface area contributed by atoms with Crippen molar-refractivity contribution in [3.05, 3.63) is 28.7 Å². The fourth-order valence-corrected chi connectivity index (χ4v) is 3.78. The molecule has 3 nitrogen and oxygen atoms in total. The average Bonchev–Trinajstić information content (AvgIpc) is 3.04. The fraction of sp³-hybridized carbons (Fsp3) is 0.647. The van der Waals surface area contributed by atoms with Crippen molar-refractivity contribution in [3.8, 4) is 5.75 Å². The molecule has 4 heteroatoms. The smallest absolute Gasteiger partial charge is 0.119 e. The monoisotopic (exact) mass is 352 g/mol. The Labute approximate surface area is 136 Å². The van der Waals surface area contributed by atoms with Gasteiger partial charge in [-0.2, -0.15) is 0 Å². The third-order valence-electron chi connectivity index (χ3n) is 4.79. The number of halogens is 1. The molecule has 2 fully saturated rings. The molecule has 1 N–H and O–H groups in total. The molecule has 116 valence electrons. The predicted molar refractivity (Wildman–Crippen MR) is 89.8 cm³/mol. The van der Waals surface area contributed by atoms with Crippen LogP contribution in [-0.4, -0.2) is 43.7 Å². The first kappa shape index (κ1) is 15.3. The maximum Gasteiger partial charge on any atom is 0.119 e. The van der Waals surface area contributed by atoms with Crippen molar-refractivity contribution in [2.75, 3.05) is 32.8 Å². The van der Waals surface area contributed by atoms with Gasteiger partial charge in [0.1, 0.15) is 12.4 Å². The number of hydrogen-bond acceptors (Lipinski definition) is 3. The number of hydrogen-bond donors (Lipinski definition) is 1. The minimum Gasteiger partial charge on any atom is -0.492 e. The number of piperidine rings is 1. The second-order valence-electron chi connectivity index (χ2n) is 6.18. The second-order valence-corrected chi connectivity index (χ2v) is 7.10. The molecule has 0 bridgehead atoms. The highest BCUT2D eigenvalue weighted by Gasteiger charge is 2.27. The zero-order valence-electron chi connectivity index (χ0n) is 12.6. The number of ether oxygens (including phenoxy) is 1. The van der Waals surface area contributed by atoms with Crippen LogP contribution in [0.2, 0.25) is 0 Å². The zero-order valence-corrected chi connectivity index (χ0v) is 14.1. The number of likely N-dealkylation sites (tertiary alicyclic amines) is 1. The maximum absolute atomic E-state index is 5.82. The predicted octanol–water partition coefficient (Wildman–Crippen LogP) is 3.29. The van der Waals surface area contributed by atoms with E-state index >= 15 is 0 Å². The Morgan fingerprint density at radius 1 is 1.14 bits per heavy atom. The third kappa shape index (κ3) is 4.44. The molecule has 0 aromatic heterocycles. The highest BCUT2D eigenvalue weighted by molar-refractivity contribution is 9.10. The number of rotatable bonds is 5. The van der Waals surface area contributed by atoms with Crippen LogP contribution in [0.25, 0.3) is 0 Å². The van der Waals surface area contributed by atoms with Gasteiger partial charge in [-0.05, 0) is 75.5 Å². The molecule has 2 heterocycles. The van der Waals surface area contributed by atoms with E-state index in [1.165, 1.54) is 45.3 Å². The van der Waals surface area contributed by atoms with Crippen LogP contribution in [0.15, 0.2) is 28.7 Å². The maximum atomic E-state index is 5.82. The van der Waals surface area contributed by atoms with E-state index in [2.05, 4.69) is 26.1 Å². The Bertz CT molecular complexity index is 423. The van der Waals surface area contributed by atoms with E-state index in [9.17, 15) is 0 Å². The Kier molecular flexibility index (Phi) is 5.55. The Morgan fingerprint density at radius 2 is 1.90 bits per heavy atom. The summed E-state index contributed by atoms with van der Waals surface area (Å²) in [4.78, 5) is 2.55. The molecular formula is C17H25BrN2O. The first-order valence-electron chi connectivity index (χ1n) is 8.15. The van der Waals surface area contributed by atoms with Crippen LogP contribution in [-0.2, 0) is 0 Å². The quantitative estimate of drug-likeness (QED) is 0.879. The van der Waals surface area contributed by atoms with Gasteiger partial charge in [-0.15, -0.1) is 0 Å². The molecule has 0 amide bonds. The van der Waals surface area contributed by atoms with Crippen molar-refractivity contribution >= 4 is 15.9 Å². The lowest BCUT2D eigenvalue weighted by Gasteiger charge is -2.34. The summed E-state index contributed by atoms with van der Waals surface area (Å²) < 4.78 is 6.91. The summed E-state index contributed by atoms with van der Waals surface area (Å²) in [5, 5.41) is 3.66. The van der Waals surface area contributed by atoms with E-state index in [1.54, 1.807) is 0 Å². The number of nitrogens with one attached hydrogen (secondary N) is 1. The van der Waals surface area contributed by atoms with Gasteiger partial charge in [-0.25, -0.2) is 0 Å². The van der Waals surface area contributed by atoms with E-state index in [4.69, 9.17) is 4.74 Å². The van der Waals surface area contributed by atoms with Crippen LogP contribution in [0, 0.1) is 5.92 Å². The minimum atomic E-state index is 0.786. The number of nitrogens with zero attached hydrogens (tertiary/aromatic N) is 1. The molecule has 0 radical (unpaired) electrons. The molecule has 0 aliphatic carbocycles. The average molecular weight is 353 g/mol. The van der Waals surface area contributed by atoms with Crippen LogP contribution >= 0.6 is 15.9 Å². The van der Waals surface area contributed by atoms with Crippen LogP contribution in [0.4, 0.5) is 0 Å². The zero-order chi connectivity index (χ0) is 14.5. The molecular weight excluding hydrogens is 328 g/mol. The highest BCUT2D eigenvalue weighted by atomic mass is 79.9. The topological polar surface area (TPSA) is 24.5 Å². The largest absolute Gasteiger partial charge is 0.492 e. The summed E-state index contributed by atoms with van der Waals surface area (Å²) in [7, 11) is 0. The summed E-state index contributed by atoms with van der Waals surface area (Å²) >= 11 is 3.44. The van der Waals surface area contributed by atoms with Gasteiger partial charge in [0.15, 0.2) is 0 Å². The SMILES string of the molecule is Brc1ccc(OCCN2CCC(C3CCCN3)CC2)cc1. The van der Waals surface area contributed by atoms with Gasteiger partial charge in [-0.3, -0.25) is 4.90 Å². The lowest BCUT2D eigenvalue weighted by Crippen LogP contribution is -2.42. The van der Waals surface area contributed by atoms with Crippen molar-refractivity contribution in [2.45, 2.75) is 31.7 Å². The Balaban J connectivity index is 1.34. The molecule has 2 aliphatic heterocycles. The van der Waals surface area contributed by atoms with Gasteiger partial charge in [0.05, 0.1) is 0 Å². The molecule has 2 aliphatic rings. The number of benzene rings is 1. The molecule has 0 spiro atoms. The summed E-state index contributed by atoms with van der Waals surface area (Å²) in [6.45, 7) is 5.51. The van der Waals surface area contributed by atoms with Crippen molar-refractivity contribution in [1.29, 1.82) is 0 Å². The summed E-state index contributed by atoms with van der Waals surface area (Å²) in [5.74, 6) is 1.86. The van der Waals surface area contributed by atoms with Crippen molar-refractivity contribution in [2.24, 2.45) is 5.92 Å². The molecule has 1 aromatic carbocycles. The van der Waals surface area contributed by atoms with Crippen LogP contribution in [0.3, 0.4) is 0 Å². The first-order chi connectivity index (χ1) is 10.3. The van der Waals surface area contributed by atoms with E-state index in [1.807, 2.05) is 24.3 Å². The second kappa shape index (κ2) is 7.61. The van der Waals surface area contributed by atoms with E-state index in [0.29, 0.717) is 0 Å². The summed E-state index contributed by atoms with van der Waals surface area (Å²) in [5.41, 5.74) is 0. The van der Waals surface area contributed by atoms with Crippen LogP contribution < -0.4 is 10.1 Å². The van der Waals surface area contributed by atoms with E-state index in [0.717, 1.165) is 35.3 Å². The van der Waals surface area contributed by atoms with Gasteiger partial charge < -0.3 is 10.1 Å². The molecule has 0 saturated carbocycles. The molecule has 1 atom stereocenters. The van der Waals surface area contributed by atoms with Gasteiger partial charge in [-0.1, -0.05) is 15.9 Å². The van der Waals surface area contributed by atoms with Crippen LogP contribution in [0.1, 0.15) is 25.7 Å². The van der Waals surface area contributed by atoms with Crippen LogP contribution in [0.5, 0.6) is 5.75 Å². The molecule has 2 saturated heterocycles. The van der Waals surface area contributed by atoms with E-state index in [-0.39, 0.29) is 0 Å². The summed E-state index contributed by atoms with van der Waals surface area (Å²) in [6, 6.07) is 8.88. The minimum absolute atomic E-state index is 0.786. The molecule has 1 unspecified atom stereocenters. The molecule has 3 rings (SSSR count). The fourth-order valence-electron chi connectivity index (χ4n) is 3.52. The first-order valence-corrected chi connectivity index (χ1v) is 8.95.